The smallest absolute Gasteiger partial charge is 0.422 e. The van der Waals surface area contributed by atoms with Crippen molar-refractivity contribution in [1.29, 1.82) is 0 Å². The van der Waals surface area contributed by atoms with Crippen LogP contribution in [0.15, 0.2) is 29.4 Å². The third kappa shape index (κ3) is 5.06. The van der Waals surface area contributed by atoms with E-state index >= 15 is 0 Å². The number of aryl methyl sites for hydroxylation is 1. The summed E-state index contributed by atoms with van der Waals surface area (Å²) in [6.07, 6.45) is -2.85. The molecule has 0 bridgehead atoms. The van der Waals surface area contributed by atoms with E-state index in [-0.39, 0.29) is 39.2 Å². The maximum absolute atomic E-state index is 15.0. The number of aromatic nitrogens is 2. The molecule has 1 aliphatic carbocycles. The lowest BCUT2D eigenvalue weighted by Crippen LogP contribution is -2.37. The molecular formula is C22H23F4N5O3S. The second-order valence-electron chi connectivity index (χ2n) is 8.65. The number of fused-ring (bicyclic) bond motifs is 1. The van der Waals surface area contributed by atoms with E-state index in [1.807, 2.05) is 0 Å². The van der Waals surface area contributed by atoms with Crippen molar-refractivity contribution < 1.29 is 31.8 Å². The minimum Gasteiger partial charge on any atom is -0.467 e. The molecule has 0 radical (unpaired) electrons. The predicted molar refractivity (Wildman–Crippen MR) is 122 cm³/mol. The van der Waals surface area contributed by atoms with E-state index in [1.54, 1.807) is 14.0 Å². The molecule has 4 rings (SSSR count). The van der Waals surface area contributed by atoms with Gasteiger partial charge in [-0.1, -0.05) is 11.8 Å². The first-order valence-corrected chi connectivity index (χ1v) is 11.4. The van der Waals surface area contributed by atoms with Crippen LogP contribution in [-0.2, 0) is 10.3 Å². The van der Waals surface area contributed by atoms with Gasteiger partial charge in [0.2, 0.25) is 5.88 Å². The average Bonchev–Trinajstić information content (AvgIpc) is 3.48. The zero-order chi connectivity index (χ0) is 25.6. The summed E-state index contributed by atoms with van der Waals surface area (Å²) in [6, 6.07) is 4.12. The third-order valence-corrected chi connectivity index (χ3v) is 7.31. The van der Waals surface area contributed by atoms with Gasteiger partial charge in [-0.05, 0) is 38.5 Å². The van der Waals surface area contributed by atoms with Crippen molar-refractivity contribution >= 4 is 28.5 Å². The van der Waals surface area contributed by atoms with Crippen LogP contribution in [0.25, 0.3) is 0 Å². The minimum absolute atomic E-state index is 0.00921. The molecule has 0 unspecified atom stereocenters. The quantitative estimate of drug-likeness (QED) is 0.542. The number of nitrogens with zero attached hydrogens (tertiary/aromatic N) is 3. The van der Waals surface area contributed by atoms with Crippen LogP contribution in [0, 0.1) is 18.7 Å². The molecule has 35 heavy (non-hydrogen) atoms. The Balaban J connectivity index is 1.55. The van der Waals surface area contributed by atoms with E-state index in [0.717, 1.165) is 12.6 Å². The molecule has 1 fully saturated rings. The number of amides is 1. The first-order chi connectivity index (χ1) is 16.4. The summed E-state index contributed by atoms with van der Waals surface area (Å²) in [7, 11) is 1.60. The standard InChI is InChI=1S/C22H23F4N5O3S/c1-11-17(28-8-16(29-11)34-10-22(24,25)26)18(32)30-12-4-5-14(23)13(6-12)20(2)15-7-21(15,9-33-3)35-19(27)31-20/h4-6,8,15H,7,9-10H2,1-3H3,(H2,27,31)(H,30,32)/t15-,20-,21+/m0/s1. The molecule has 2 aromatic rings. The number of amidine groups is 1. The average molecular weight is 514 g/mol. The van der Waals surface area contributed by atoms with Gasteiger partial charge in [0.25, 0.3) is 5.91 Å². The van der Waals surface area contributed by atoms with Gasteiger partial charge in [-0.3, -0.25) is 9.79 Å². The number of nitrogens with one attached hydrogen (secondary N) is 1. The number of anilines is 1. The van der Waals surface area contributed by atoms with Crippen LogP contribution >= 0.6 is 11.8 Å². The number of ether oxygens (including phenoxy) is 2. The van der Waals surface area contributed by atoms with Gasteiger partial charge in [0.15, 0.2) is 11.8 Å². The molecule has 0 saturated heterocycles. The van der Waals surface area contributed by atoms with Gasteiger partial charge in [-0.2, -0.15) is 13.2 Å². The van der Waals surface area contributed by atoms with Gasteiger partial charge >= 0.3 is 6.18 Å². The molecule has 0 spiro atoms. The SMILES string of the molecule is COC[C@]12C[C@H]1[C@](C)(c1cc(NC(=O)c3ncc(OCC(F)(F)F)nc3C)ccc1F)N=C(N)S2. The number of halogens is 4. The summed E-state index contributed by atoms with van der Waals surface area (Å²) in [5.41, 5.74) is 5.65. The summed E-state index contributed by atoms with van der Waals surface area (Å²) in [4.78, 5) is 25.1. The van der Waals surface area contributed by atoms with Crippen molar-refractivity contribution in [2.24, 2.45) is 16.6 Å². The van der Waals surface area contributed by atoms with Crippen molar-refractivity contribution in [3.8, 4) is 5.88 Å². The maximum Gasteiger partial charge on any atom is 0.422 e. The number of hydrogen-bond donors (Lipinski definition) is 2. The number of hydrogen-bond acceptors (Lipinski definition) is 8. The van der Waals surface area contributed by atoms with Crippen molar-refractivity contribution in [3.05, 3.63) is 47.2 Å². The highest BCUT2D eigenvalue weighted by Crippen LogP contribution is 2.66. The number of aliphatic imine (C=N–C) groups is 1. The number of alkyl halides is 3. The first-order valence-electron chi connectivity index (χ1n) is 10.5. The fourth-order valence-electron chi connectivity index (χ4n) is 4.42. The highest BCUT2D eigenvalue weighted by molar-refractivity contribution is 8.15. The molecule has 8 nitrogen and oxygen atoms in total. The zero-order valence-electron chi connectivity index (χ0n) is 19.1. The molecule has 1 aromatic heterocycles. The molecule has 3 atom stereocenters. The Labute approximate surface area is 202 Å². The van der Waals surface area contributed by atoms with Crippen LogP contribution in [-0.4, -0.2) is 52.3 Å². The Morgan fingerprint density at radius 3 is 2.77 bits per heavy atom. The number of carbonyl (C=O) groups excluding carboxylic acids is 1. The van der Waals surface area contributed by atoms with Crippen LogP contribution in [0.1, 0.15) is 35.1 Å². The lowest BCUT2D eigenvalue weighted by atomic mass is 9.85. The molecule has 188 valence electrons. The Morgan fingerprint density at radius 2 is 2.11 bits per heavy atom. The van der Waals surface area contributed by atoms with Gasteiger partial charge < -0.3 is 20.5 Å². The van der Waals surface area contributed by atoms with Crippen LogP contribution in [0.3, 0.4) is 0 Å². The number of benzene rings is 1. The Kier molecular flexibility index (Phi) is 6.43. The van der Waals surface area contributed by atoms with E-state index in [2.05, 4.69) is 25.0 Å². The van der Waals surface area contributed by atoms with E-state index < -0.39 is 30.0 Å². The molecule has 1 amide bonds. The monoisotopic (exact) mass is 513 g/mol. The first kappa shape index (κ1) is 25.2. The molecule has 1 aliphatic heterocycles. The molecule has 3 N–H and O–H groups in total. The topological polar surface area (TPSA) is 112 Å². The number of thioether (sulfide) groups is 1. The van der Waals surface area contributed by atoms with E-state index in [4.69, 9.17) is 10.5 Å². The zero-order valence-corrected chi connectivity index (χ0v) is 19.9. The van der Waals surface area contributed by atoms with Crippen LogP contribution in [0.4, 0.5) is 23.2 Å². The van der Waals surface area contributed by atoms with Gasteiger partial charge in [0, 0.05) is 24.3 Å². The second kappa shape index (κ2) is 8.94. The second-order valence-corrected chi connectivity index (χ2v) is 10.1. The van der Waals surface area contributed by atoms with Crippen molar-refractivity contribution in [2.45, 2.75) is 36.7 Å². The van der Waals surface area contributed by atoms with Crippen LogP contribution in [0.5, 0.6) is 5.88 Å². The summed E-state index contributed by atoms with van der Waals surface area (Å²) in [5.74, 6) is -1.52. The highest BCUT2D eigenvalue weighted by atomic mass is 32.2. The highest BCUT2D eigenvalue weighted by Gasteiger charge is 2.66. The van der Waals surface area contributed by atoms with Gasteiger partial charge in [0.1, 0.15) is 11.5 Å². The number of rotatable bonds is 7. The lowest BCUT2D eigenvalue weighted by molar-refractivity contribution is -0.154. The molecule has 2 heterocycles. The fraction of sp³-hybridized carbons (Fsp3) is 0.455. The van der Waals surface area contributed by atoms with Crippen LogP contribution < -0.4 is 15.8 Å². The van der Waals surface area contributed by atoms with E-state index in [1.165, 1.54) is 36.9 Å². The van der Waals surface area contributed by atoms with Gasteiger partial charge in [-0.25, -0.2) is 14.4 Å². The Bertz CT molecular complexity index is 1190. The fourth-order valence-corrected chi connectivity index (χ4v) is 5.87. The van der Waals surface area contributed by atoms with E-state index in [9.17, 15) is 22.4 Å². The van der Waals surface area contributed by atoms with Gasteiger partial charge in [-0.15, -0.1) is 0 Å². The Hall–Kier alpha value is -2.93. The molecule has 1 saturated carbocycles. The van der Waals surface area contributed by atoms with Crippen molar-refractivity contribution in [3.63, 3.8) is 0 Å². The normalized spacial score (nSPS) is 25.5. The Morgan fingerprint density at radius 1 is 1.37 bits per heavy atom. The number of methoxy groups -OCH3 is 1. The molecular weight excluding hydrogens is 490 g/mol. The largest absolute Gasteiger partial charge is 0.467 e. The number of nitrogens with two attached hydrogens (primary N) is 1. The van der Waals surface area contributed by atoms with Crippen LogP contribution in [0.2, 0.25) is 0 Å². The van der Waals surface area contributed by atoms with Gasteiger partial charge in [0.05, 0.1) is 28.8 Å². The lowest BCUT2D eigenvalue weighted by Gasteiger charge is -2.34. The maximum atomic E-state index is 15.0. The molecule has 13 heteroatoms. The number of carbonyl (C=O) groups is 1. The predicted octanol–water partition coefficient (Wildman–Crippen LogP) is 3.80. The summed E-state index contributed by atoms with van der Waals surface area (Å²) in [5, 5.41) is 2.97. The summed E-state index contributed by atoms with van der Waals surface area (Å²) < 4.78 is 61.6. The van der Waals surface area contributed by atoms with Crippen molar-refractivity contribution in [2.75, 3.05) is 25.6 Å². The molecule has 1 aromatic carbocycles. The minimum atomic E-state index is -4.53. The third-order valence-electron chi connectivity index (χ3n) is 6.04. The van der Waals surface area contributed by atoms with E-state index in [0.29, 0.717) is 11.8 Å². The summed E-state index contributed by atoms with van der Waals surface area (Å²) in [6.45, 7) is 2.15. The summed E-state index contributed by atoms with van der Waals surface area (Å²) >= 11 is 1.43. The van der Waals surface area contributed by atoms with Crippen molar-refractivity contribution in [1.82, 2.24) is 9.97 Å². The molecule has 2 aliphatic rings.